The van der Waals surface area contributed by atoms with E-state index in [4.69, 9.17) is 0 Å². The van der Waals surface area contributed by atoms with Crippen molar-refractivity contribution < 1.29 is 56.4 Å². The van der Waals surface area contributed by atoms with E-state index in [2.05, 4.69) is 40.0 Å². The SMILES string of the molecule is COC(=O)N[C@H](C(=O)N1[C@@H]2CC[C@@H](C2)[C@H]1c1ncc(-c2ccc3c(c2)C(F)(F)C(F)(F)c2cc(-c4cnc([C@@H]5[C@H]6CC[C@H](C6)N5C(=O)[C@@H](NC(=O)OC)[C@@H](C)O)[nH]4)ccc2-3)[nH]1)[C@@H](C)O. The third-order valence-corrected chi connectivity index (χ3v) is 13.9. The first-order chi connectivity index (χ1) is 30.4. The van der Waals surface area contributed by atoms with Gasteiger partial charge in [0.15, 0.2) is 0 Å². The number of aliphatic hydroxyl groups excluding tert-OH is 2. The number of halogens is 4. The van der Waals surface area contributed by atoms with Crippen LogP contribution in [0.2, 0.25) is 0 Å². The predicted molar refractivity (Wildman–Crippen MR) is 218 cm³/mol. The van der Waals surface area contributed by atoms with Crippen LogP contribution in [0.5, 0.6) is 0 Å². The summed E-state index contributed by atoms with van der Waals surface area (Å²) in [6, 6.07) is 3.73. The first-order valence-electron chi connectivity index (χ1n) is 21.3. The van der Waals surface area contributed by atoms with Crippen LogP contribution in [0.1, 0.15) is 87.2 Å². The number of likely N-dealkylation sites (tertiary alicyclic amines) is 2. The number of alkyl halides is 4. The number of aromatic amines is 2. The molecule has 0 spiro atoms. The second-order valence-electron chi connectivity index (χ2n) is 17.6. The molecule has 4 heterocycles. The molecule has 4 amide bonds. The molecule has 4 fully saturated rings. The van der Waals surface area contributed by atoms with Crippen LogP contribution in [-0.4, -0.2) is 115 Å². The monoisotopic (exact) mass is 892 g/mol. The summed E-state index contributed by atoms with van der Waals surface area (Å²) < 4.78 is 74.4. The number of piperidine rings is 2. The smallest absolute Gasteiger partial charge is 0.407 e. The molecule has 340 valence electrons. The average molecular weight is 893 g/mol. The van der Waals surface area contributed by atoms with Gasteiger partial charge in [-0.3, -0.25) is 9.59 Å². The molecule has 4 aromatic rings. The van der Waals surface area contributed by atoms with Crippen LogP contribution in [0.15, 0.2) is 48.8 Å². The summed E-state index contributed by atoms with van der Waals surface area (Å²) >= 11 is 0. The lowest BCUT2D eigenvalue weighted by molar-refractivity contribution is -0.225. The summed E-state index contributed by atoms with van der Waals surface area (Å²) in [4.78, 5) is 70.2. The number of amides is 4. The van der Waals surface area contributed by atoms with Gasteiger partial charge in [-0.2, -0.15) is 17.6 Å². The van der Waals surface area contributed by atoms with Gasteiger partial charge in [-0.05, 0) is 87.5 Å². The molecule has 6 N–H and O–H groups in total. The van der Waals surface area contributed by atoms with Crippen molar-refractivity contribution in [1.82, 2.24) is 40.4 Å². The predicted octanol–water partition coefficient (Wildman–Crippen LogP) is 5.65. The summed E-state index contributed by atoms with van der Waals surface area (Å²) in [5.41, 5.74) is -1.05. The van der Waals surface area contributed by atoms with Crippen LogP contribution in [0.25, 0.3) is 33.6 Å². The Kier molecular flexibility index (Phi) is 10.7. The number of nitrogens with zero attached hydrogens (tertiary/aromatic N) is 4. The Balaban J connectivity index is 0.993. The number of carbonyl (C=O) groups is 4. The van der Waals surface area contributed by atoms with E-state index >= 15 is 17.6 Å². The highest BCUT2D eigenvalue weighted by Gasteiger charge is 2.63. The highest BCUT2D eigenvalue weighted by molar-refractivity contribution is 5.88. The van der Waals surface area contributed by atoms with Crippen LogP contribution >= 0.6 is 0 Å². The van der Waals surface area contributed by atoms with E-state index in [0.717, 1.165) is 39.2 Å². The topological polar surface area (TPSA) is 215 Å². The number of fused-ring (bicyclic) bond motifs is 7. The maximum absolute atomic E-state index is 16.3. The second kappa shape index (κ2) is 15.9. The number of rotatable bonds is 10. The molecule has 2 aliphatic heterocycles. The van der Waals surface area contributed by atoms with Crippen LogP contribution < -0.4 is 10.6 Å². The Morgan fingerprint density at radius 3 is 1.44 bits per heavy atom. The Labute approximate surface area is 364 Å². The van der Waals surface area contributed by atoms with E-state index in [1.165, 1.54) is 50.5 Å². The highest BCUT2D eigenvalue weighted by Crippen LogP contribution is 2.59. The third kappa shape index (κ3) is 6.87. The van der Waals surface area contributed by atoms with Gasteiger partial charge in [0.1, 0.15) is 23.7 Å². The zero-order valence-electron chi connectivity index (χ0n) is 35.3. The number of methoxy groups -OCH3 is 2. The van der Waals surface area contributed by atoms with Gasteiger partial charge in [0.2, 0.25) is 11.8 Å². The summed E-state index contributed by atoms with van der Waals surface area (Å²) in [7, 11) is 2.28. The molecule has 16 nitrogen and oxygen atoms in total. The zero-order valence-corrected chi connectivity index (χ0v) is 35.3. The number of hydrogen-bond acceptors (Lipinski definition) is 10. The van der Waals surface area contributed by atoms with Gasteiger partial charge >= 0.3 is 24.0 Å². The minimum atomic E-state index is -4.65. The number of alkyl carbamates (subject to hydrolysis) is 2. The summed E-state index contributed by atoms with van der Waals surface area (Å²) in [6.45, 7) is 2.75. The van der Waals surface area contributed by atoms with E-state index < -0.39 is 83.3 Å². The number of nitrogens with one attached hydrogen (secondary N) is 4. The van der Waals surface area contributed by atoms with Gasteiger partial charge in [-0.25, -0.2) is 19.6 Å². The minimum absolute atomic E-state index is 0.0101. The molecule has 2 saturated carbocycles. The van der Waals surface area contributed by atoms with Crippen molar-refractivity contribution in [3.63, 3.8) is 0 Å². The number of aromatic nitrogens is 4. The molecule has 0 radical (unpaired) electrons. The van der Waals surface area contributed by atoms with E-state index in [9.17, 15) is 29.4 Å². The molecule has 20 heteroatoms. The molecule has 9 rings (SSSR count). The summed E-state index contributed by atoms with van der Waals surface area (Å²) in [6.07, 6.45) is 2.82. The summed E-state index contributed by atoms with van der Waals surface area (Å²) in [5, 5.41) is 25.6. The Morgan fingerprint density at radius 2 is 1.08 bits per heavy atom. The van der Waals surface area contributed by atoms with E-state index in [1.807, 2.05) is 0 Å². The molecule has 2 aromatic heterocycles. The van der Waals surface area contributed by atoms with E-state index in [1.54, 1.807) is 9.80 Å². The van der Waals surface area contributed by atoms with Crippen LogP contribution in [0.3, 0.4) is 0 Å². The molecule has 0 unspecified atom stereocenters. The Bertz CT molecular complexity index is 2340. The van der Waals surface area contributed by atoms with Crippen molar-refractivity contribution in [2.24, 2.45) is 11.8 Å². The molecule has 4 bridgehead atoms. The number of carbonyl (C=O) groups excluding carboxylic acids is 4. The van der Waals surface area contributed by atoms with E-state index in [-0.39, 0.29) is 57.6 Å². The fourth-order valence-corrected chi connectivity index (χ4v) is 10.8. The van der Waals surface area contributed by atoms with Gasteiger partial charge < -0.3 is 50.1 Å². The summed E-state index contributed by atoms with van der Waals surface area (Å²) in [5.74, 6) is -9.67. The standard InChI is InChI=1S/C44H48F4N8O8/c1-19(57)33(53-41(61)63-3)39(59)55-25-9-5-23(13-25)35(55)37-49-17-31(51-37)21-7-11-27-28-12-8-22(16-30(28)44(47,48)43(45,46)29(27)15-21)32-18-50-38(52-32)36-24-6-10-26(14-24)56(36)40(60)34(20(2)58)54-42(62)64-4/h7-8,11-12,15-20,23-26,33-36,57-58H,5-6,9-10,13-14H2,1-4H3,(H,49,51)(H,50,52)(H,53,61)(H,54,62)/t19-,20-,23+,24+,25-,26-,33+,34+,35+,36+/m1/s1. The number of aliphatic hydroxyl groups is 2. The third-order valence-electron chi connectivity index (χ3n) is 13.9. The maximum atomic E-state index is 16.3. The second-order valence-corrected chi connectivity index (χ2v) is 17.6. The molecule has 5 aliphatic rings. The molecule has 10 atom stereocenters. The quantitative estimate of drug-likeness (QED) is 0.108. The van der Waals surface area contributed by atoms with Crippen LogP contribution in [0.4, 0.5) is 27.2 Å². The molecule has 3 aliphatic carbocycles. The Morgan fingerprint density at radius 1 is 0.688 bits per heavy atom. The van der Waals surface area contributed by atoms with Gasteiger partial charge in [0.25, 0.3) is 0 Å². The van der Waals surface area contributed by atoms with E-state index in [0.29, 0.717) is 37.3 Å². The van der Waals surface area contributed by atoms with Crippen LogP contribution in [-0.2, 0) is 30.9 Å². The molecule has 64 heavy (non-hydrogen) atoms. The van der Waals surface area contributed by atoms with Crippen molar-refractivity contribution >= 4 is 24.0 Å². The first-order valence-corrected chi connectivity index (χ1v) is 21.3. The van der Waals surface area contributed by atoms with Crippen molar-refractivity contribution in [3.8, 4) is 33.6 Å². The van der Waals surface area contributed by atoms with Crippen molar-refractivity contribution in [3.05, 3.63) is 71.6 Å². The molecular weight excluding hydrogens is 845 g/mol. The minimum Gasteiger partial charge on any atom is -0.453 e. The molecular formula is C44H48F4N8O8. The number of ether oxygens (including phenoxy) is 2. The maximum Gasteiger partial charge on any atom is 0.407 e. The highest BCUT2D eigenvalue weighted by atomic mass is 19.3. The fraction of sp³-hybridized carbons (Fsp3) is 0.500. The number of imidazole rings is 2. The normalized spacial score (nSPS) is 26.4. The largest absolute Gasteiger partial charge is 0.453 e. The van der Waals surface area contributed by atoms with Gasteiger partial charge in [-0.15, -0.1) is 0 Å². The van der Waals surface area contributed by atoms with Crippen molar-refractivity contribution in [1.29, 1.82) is 0 Å². The van der Waals surface area contributed by atoms with Crippen molar-refractivity contribution in [2.45, 2.75) is 113 Å². The Hall–Kier alpha value is -6.02. The lowest BCUT2D eigenvalue weighted by Crippen LogP contribution is -2.56. The lowest BCUT2D eigenvalue weighted by Gasteiger charge is -2.37. The zero-order chi connectivity index (χ0) is 45.6. The number of H-pyrrole nitrogens is 2. The van der Waals surface area contributed by atoms with Gasteiger partial charge in [0, 0.05) is 34.3 Å². The first kappa shape index (κ1) is 43.2. The van der Waals surface area contributed by atoms with Gasteiger partial charge in [0.05, 0.1) is 62.3 Å². The number of benzene rings is 2. The lowest BCUT2D eigenvalue weighted by atomic mass is 9.79. The average Bonchev–Trinajstić information content (AvgIpc) is 4.15. The van der Waals surface area contributed by atoms with Crippen molar-refractivity contribution in [2.75, 3.05) is 14.2 Å². The molecule has 2 aromatic carbocycles. The number of hydrogen-bond donors (Lipinski definition) is 6. The fourth-order valence-electron chi connectivity index (χ4n) is 10.8. The van der Waals surface area contributed by atoms with Gasteiger partial charge in [-0.1, -0.05) is 24.3 Å². The van der Waals surface area contributed by atoms with Crippen LogP contribution in [0, 0.1) is 11.8 Å². The molecule has 2 saturated heterocycles.